The number of carbonyl (C=O) groups excluding carboxylic acids is 3. The van der Waals surface area contributed by atoms with Crippen LogP contribution in [0.5, 0.6) is 5.75 Å². The summed E-state index contributed by atoms with van der Waals surface area (Å²) in [5, 5.41) is 48.6. The number of ketones is 2. The van der Waals surface area contributed by atoms with Crippen molar-refractivity contribution in [3.63, 3.8) is 0 Å². The number of likely N-dealkylation sites (tertiary alicyclic amines) is 1. The Morgan fingerprint density at radius 3 is 2.40 bits per heavy atom. The SMILES string of the molecule is CN1CCCC1Nc1ccc(-c2ccc(O)c3c2C[C@H]2C[C@H]4[C@@H](N(C)C)C(O)=C(C(N)=O)C(=O)[C@@]4(O)C(O)=C2C3=O)cc1. The summed E-state index contributed by atoms with van der Waals surface area (Å²) in [7, 11) is 5.29. The van der Waals surface area contributed by atoms with Gasteiger partial charge in [0.1, 0.15) is 22.8 Å². The smallest absolute Gasteiger partial charge is 0.255 e. The maximum atomic E-state index is 14.0. The third-order valence-corrected chi connectivity index (χ3v) is 9.66. The zero-order valence-corrected chi connectivity index (χ0v) is 24.3. The highest BCUT2D eigenvalue weighted by Gasteiger charge is 2.63. The van der Waals surface area contributed by atoms with Gasteiger partial charge < -0.3 is 31.5 Å². The lowest BCUT2D eigenvalue weighted by atomic mass is 9.58. The number of benzene rings is 2. The number of allylic oxidation sites excluding steroid dienone is 1. The van der Waals surface area contributed by atoms with Gasteiger partial charge >= 0.3 is 0 Å². The van der Waals surface area contributed by atoms with Gasteiger partial charge in [-0.1, -0.05) is 18.2 Å². The van der Waals surface area contributed by atoms with Crippen molar-refractivity contribution in [3.05, 3.63) is 70.2 Å². The van der Waals surface area contributed by atoms with Crippen molar-refractivity contribution in [3.8, 4) is 16.9 Å². The van der Waals surface area contributed by atoms with Crippen LogP contribution in [0.1, 0.15) is 35.2 Å². The Hall–Kier alpha value is -4.19. The van der Waals surface area contributed by atoms with Crippen molar-refractivity contribution in [2.24, 2.45) is 17.6 Å². The van der Waals surface area contributed by atoms with E-state index in [9.17, 15) is 34.8 Å². The zero-order valence-electron chi connectivity index (χ0n) is 24.3. The molecular weight excluding hydrogens is 552 g/mol. The number of phenolic OH excluding ortho intramolecular Hbond substituents is 1. The number of aliphatic hydroxyl groups is 3. The summed E-state index contributed by atoms with van der Waals surface area (Å²) in [4.78, 5) is 43.4. The van der Waals surface area contributed by atoms with Gasteiger partial charge in [-0.15, -0.1) is 0 Å². The second kappa shape index (κ2) is 10.2. The summed E-state index contributed by atoms with van der Waals surface area (Å²) >= 11 is 0. The van der Waals surface area contributed by atoms with Crippen molar-refractivity contribution in [2.75, 3.05) is 33.0 Å². The minimum atomic E-state index is -2.66. The lowest BCUT2D eigenvalue weighted by Crippen LogP contribution is -2.63. The molecule has 0 saturated carbocycles. The molecule has 0 radical (unpaired) electrons. The van der Waals surface area contributed by atoms with Gasteiger partial charge in [0.15, 0.2) is 11.4 Å². The molecule has 2 aromatic rings. The maximum Gasteiger partial charge on any atom is 0.255 e. The molecule has 11 heteroatoms. The topological polar surface area (TPSA) is 177 Å². The van der Waals surface area contributed by atoms with Crippen LogP contribution in [-0.4, -0.2) is 93.2 Å². The van der Waals surface area contributed by atoms with Gasteiger partial charge in [-0.05, 0) is 94.2 Å². The predicted molar refractivity (Wildman–Crippen MR) is 158 cm³/mol. The first-order chi connectivity index (χ1) is 20.4. The molecule has 1 saturated heterocycles. The predicted octanol–water partition coefficient (Wildman–Crippen LogP) is 2.25. The fourth-order valence-corrected chi connectivity index (χ4v) is 7.55. The van der Waals surface area contributed by atoms with Gasteiger partial charge in [-0.3, -0.25) is 24.2 Å². The Morgan fingerprint density at radius 2 is 1.79 bits per heavy atom. The van der Waals surface area contributed by atoms with Crippen molar-refractivity contribution in [1.82, 2.24) is 9.80 Å². The molecule has 3 aliphatic carbocycles. The van der Waals surface area contributed by atoms with E-state index in [0.717, 1.165) is 36.2 Å². The molecule has 11 nitrogen and oxygen atoms in total. The number of carbonyl (C=O) groups is 3. The summed E-state index contributed by atoms with van der Waals surface area (Å²) in [6.07, 6.45) is 2.73. The third kappa shape index (κ3) is 4.25. The van der Waals surface area contributed by atoms with Crippen LogP contribution in [-0.2, 0) is 16.0 Å². The fourth-order valence-electron chi connectivity index (χ4n) is 7.55. The van der Waals surface area contributed by atoms with E-state index in [4.69, 9.17) is 5.73 Å². The summed E-state index contributed by atoms with van der Waals surface area (Å²) in [5.74, 6) is -6.65. The Kier molecular flexibility index (Phi) is 6.87. The highest BCUT2D eigenvalue weighted by Crippen LogP contribution is 2.53. The molecule has 1 fully saturated rings. The van der Waals surface area contributed by atoms with Crippen LogP contribution in [0.4, 0.5) is 5.69 Å². The molecule has 0 aromatic heterocycles. The lowest BCUT2D eigenvalue weighted by molar-refractivity contribution is -0.148. The minimum absolute atomic E-state index is 0.00642. The Labute approximate surface area is 248 Å². The average Bonchev–Trinajstić information content (AvgIpc) is 3.35. The molecular formula is C32H36N4O7. The van der Waals surface area contributed by atoms with Crippen LogP contribution in [0.2, 0.25) is 0 Å². The largest absolute Gasteiger partial charge is 0.510 e. The van der Waals surface area contributed by atoms with Crippen LogP contribution in [0.25, 0.3) is 11.1 Å². The highest BCUT2D eigenvalue weighted by molar-refractivity contribution is 6.24. The number of nitrogens with one attached hydrogen (secondary N) is 1. The molecule has 0 bridgehead atoms. The fraction of sp³-hybridized carbons (Fsp3) is 0.406. The number of Topliss-reactive ketones (excluding diaryl/α,β-unsaturated/α-hetero) is 2. The zero-order chi connectivity index (χ0) is 31.0. The number of hydrogen-bond acceptors (Lipinski definition) is 10. The molecule has 0 spiro atoms. The first kappa shape index (κ1) is 28.9. The Morgan fingerprint density at radius 1 is 1.09 bits per heavy atom. The molecule has 6 rings (SSSR count). The van der Waals surface area contributed by atoms with E-state index in [2.05, 4.69) is 17.3 Å². The number of anilines is 1. The summed E-state index contributed by atoms with van der Waals surface area (Å²) < 4.78 is 0. The van der Waals surface area contributed by atoms with E-state index >= 15 is 0 Å². The van der Waals surface area contributed by atoms with Crippen LogP contribution < -0.4 is 11.1 Å². The van der Waals surface area contributed by atoms with E-state index in [1.165, 1.54) is 11.0 Å². The number of fused-ring (bicyclic) bond motifs is 3. The van der Waals surface area contributed by atoms with Gasteiger partial charge in [0, 0.05) is 17.2 Å². The van der Waals surface area contributed by atoms with E-state index in [-0.39, 0.29) is 35.9 Å². The maximum absolute atomic E-state index is 14.0. The minimum Gasteiger partial charge on any atom is -0.510 e. The van der Waals surface area contributed by atoms with Crippen LogP contribution in [0.3, 0.4) is 0 Å². The monoisotopic (exact) mass is 588 g/mol. The molecule has 226 valence electrons. The van der Waals surface area contributed by atoms with Gasteiger partial charge in [0.25, 0.3) is 5.91 Å². The number of aromatic hydroxyl groups is 1. The molecule has 4 aliphatic rings. The first-order valence-corrected chi connectivity index (χ1v) is 14.4. The lowest BCUT2D eigenvalue weighted by Gasteiger charge is -2.50. The molecule has 1 amide bonds. The quantitative estimate of drug-likeness (QED) is 0.284. The normalized spacial score (nSPS) is 29.0. The molecule has 5 atom stereocenters. The number of primary amides is 1. The number of likely N-dealkylation sites (N-methyl/N-ethyl adjacent to an activating group) is 1. The van der Waals surface area contributed by atoms with Gasteiger partial charge in [-0.2, -0.15) is 0 Å². The molecule has 2 aromatic carbocycles. The second-order valence-corrected chi connectivity index (χ2v) is 12.3. The van der Waals surface area contributed by atoms with Crippen molar-refractivity contribution >= 4 is 23.2 Å². The average molecular weight is 589 g/mol. The molecule has 1 unspecified atom stereocenters. The third-order valence-electron chi connectivity index (χ3n) is 9.66. The Bertz CT molecular complexity index is 1610. The van der Waals surface area contributed by atoms with E-state index in [0.29, 0.717) is 5.56 Å². The van der Waals surface area contributed by atoms with Crippen LogP contribution in [0.15, 0.2) is 59.1 Å². The number of nitrogens with zero attached hydrogens (tertiary/aromatic N) is 2. The van der Waals surface area contributed by atoms with Gasteiger partial charge in [0.05, 0.1) is 17.8 Å². The molecule has 7 N–H and O–H groups in total. The molecule has 1 aliphatic heterocycles. The van der Waals surface area contributed by atoms with Crippen LogP contribution >= 0.6 is 0 Å². The van der Waals surface area contributed by atoms with Crippen LogP contribution in [0, 0.1) is 11.8 Å². The number of phenols is 1. The van der Waals surface area contributed by atoms with E-state index in [1.807, 2.05) is 24.3 Å². The number of amides is 1. The van der Waals surface area contributed by atoms with Gasteiger partial charge in [0.2, 0.25) is 5.78 Å². The van der Waals surface area contributed by atoms with Gasteiger partial charge in [-0.25, -0.2) is 0 Å². The molecule has 1 heterocycles. The standard InChI is InChI=1S/C32H36N4O7/c1-35(2)26-20-14-16-13-19-18(15-6-8-17(9-7-15)34-22-5-4-12-36(22)3)10-11-21(37)24(19)27(38)23(16)29(40)32(20,43)30(41)25(28(26)39)31(33)42/h6-11,16,20,22,26,34,37,39-40,43H,4-5,12-14H2,1-3H3,(H2,33,42)/t16-,20-,22?,26+,32-/m0/s1. The van der Waals surface area contributed by atoms with E-state index < -0.39 is 58.0 Å². The number of aliphatic hydroxyl groups excluding tert-OH is 2. The van der Waals surface area contributed by atoms with Crippen molar-refractivity contribution < 1.29 is 34.8 Å². The number of nitrogens with two attached hydrogens (primary N) is 1. The number of hydrogen-bond donors (Lipinski definition) is 6. The first-order valence-electron chi connectivity index (χ1n) is 14.4. The van der Waals surface area contributed by atoms with Crippen molar-refractivity contribution in [1.29, 1.82) is 0 Å². The summed E-state index contributed by atoms with van der Waals surface area (Å²) in [6, 6.07) is 9.99. The molecule has 43 heavy (non-hydrogen) atoms. The summed E-state index contributed by atoms with van der Waals surface area (Å²) in [6.45, 7) is 1.04. The number of rotatable bonds is 5. The highest BCUT2D eigenvalue weighted by atomic mass is 16.3. The second-order valence-electron chi connectivity index (χ2n) is 12.3. The Balaban J connectivity index is 1.42. The van der Waals surface area contributed by atoms with E-state index in [1.54, 1.807) is 20.2 Å². The summed E-state index contributed by atoms with van der Waals surface area (Å²) in [5.41, 5.74) is 4.87. The van der Waals surface area contributed by atoms with Crippen molar-refractivity contribution in [2.45, 2.75) is 43.5 Å².